The second-order valence-corrected chi connectivity index (χ2v) is 5.97. The second kappa shape index (κ2) is 9.55. The molecule has 19 heavy (non-hydrogen) atoms. The normalized spacial score (nSPS) is 32.0. The van der Waals surface area contributed by atoms with Crippen LogP contribution in [-0.4, -0.2) is 25.9 Å². The topological polar surface area (TPSA) is 18.5 Å². The van der Waals surface area contributed by atoms with Gasteiger partial charge in [-0.15, -0.1) is 0 Å². The summed E-state index contributed by atoms with van der Waals surface area (Å²) in [4.78, 5) is 0. The van der Waals surface area contributed by atoms with Gasteiger partial charge < -0.3 is 9.47 Å². The van der Waals surface area contributed by atoms with Gasteiger partial charge in [0.15, 0.2) is 0 Å². The minimum atomic E-state index is 0.233. The van der Waals surface area contributed by atoms with E-state index in [-0.39, 0.29) is 6.10 Å². The Morgan fingerprint density at radius 1 is 1.16 bits per heavy atom. The van der Waals surface area contributed by atoms with Crippen LogP contribution in [0.1, 0.15) is 59.3 Å². The lowest BCUT2D eigenvalue weighted by molar-refractivity contribution is -0.113. The van der Waals surface area contributed by atoms with E-state index in [1.165, 1.54) is 38.5 Å². The smallest absolute Gasteiger partial charge is 0.0806 e. The molecule has 0 aromatic rings. The Hall–Kier alpha value is -0.340. The van der Waals surface area contributed by atoms with Gasteiger partial charge >= 0.3 is 0 Å². The summed E-state index contributed by atoms with van der Waals surface area (Å²) in [5, 5.41) is 0. The van der Waals surface area contributed by atoms with Crippen molar-refractivity contribution in [2.45, 2.75) is 71.5 Å². The number of hydrogen-bond donors (Lipinski definition) is 0. The molecule has 1 aliphatic heterocycles. The SMILES string of the molecule is CCCCCCCC=C[C@@H]1OC[C@H](C)[C@H](OC)[C@H]1C. The first kappa shape index (κ1) is 16.7. The molecule has 0 aliphatic carbocycles. The van der Waals surface area contributed by atoms with Gasteiger partial charge in [0.25, 0.3) is 0 Å². The summed E-state index contributed by atoms with van der Waals surface area (Å²) in [6.07, 6.45) is 13.0. The molecule has 0 saturated carbocycles. The Morgan fingerprint density at radius 3 is 2.58 bits per heavy atom. The first-order valence-electron chi connectivity index (χ1n) is 8.01. The van der Waals surface area contributed by atoms with E-state index in [9.17, 15) is 0 Å². The zero-order chi connectivity index (χ0) is 14.1. The standard InChI is InChI=1S/C17H32O2/c1-5-6-7-8-9-10-11-12-16-15(3)17(18-4)14(2)13-19-16/h11-12,14-17H,5-10,13H2,1-4H3/t14-,15-,16-,17-/m0/s1. The molecule has 0 N–H and O–H groups in total. The molecule has 2 nitrogen and oxygen atoms in total. The fourth-order valence-corrected chi connectivity index (χ4v) is 2.99. The van der Waals surface area contributed by atoms with Gasteiger partial charge in [0, 0.05) is 18.9 Å². The number of ether oxygens (including phenoxy) is 2. The number of rotatable bonds is 8. The average Bonchev–Trinajstić information content (AvgIpc) is 2.40. The van der Waals surface area contributed by atoms with Crippen molar-refractivity contribution in [2.24, 2.45) is 11.8 Å². The maximum absolute atomic E-state index is 5.91. The Bertz CT molecular complexity index is 250. The lowest BCUT2D eigenvalue weighted by atomic mass is 9.86. The Balaban J connectivity index is 2.24. The van der Waals surface area contributed by atoms with Crippen LogP contribution in [0.15, 0.2) is 12.2 Å². The van der Waals surface area contributed by atoms with Gasteiger partial charge in [-0.05, 0) is 12.8 Å². The molecule has 0 unspecified atom stereocenters. The van der Waals surface area contributed by atoms with E-state index < -0.39 is 0 Å². The average molecular weight is 268 g/mol. The van der Waals surface area contributed by atoms with E-state index in [0.29, 0.717) is 17.9 Å². The van der Waals surface area contributed by atoms with Crippen LogP contribution < -0.4 is 0 Å². The van der Waals surface area contributed by atoms with Crippen LogP contribution in [0.25, 0.3) is 0 Å². The van der Waals surface area contributed by atoms with Gasteiger partial charge in [0.2, 0.25) is 0 Å². The molecule has 1 saturated heterocycles. The molecule has 1 heterocycles. The van der Waals surface area contributed by atoms with Crippen molar-refractivity contribution in [3.05, 3.63) is 12.2 Å². The van der Waals surface area contributed by atoms with Gasteiger partial charge in [-0.2, -0.15) is 0 Å². The Morgan fingerprint density at radius 2 is 1.89 bits per heavy atom. The molecule has 0 radical (unpaired) electrons. The second-order valence-electron chi connectivity index (χ2n) is 5.97. The highest BCUT2D eigenvalue weighted by Crippen LogP contribution is 2.28. The molecule has 2 heteroatoms. The first-order valence-corrected chi connectivity index (χ1v) is 8.01. The summed E-state index contributed by atoms with van der Waals surface area (Å²) in [5.41, 5.74) is 0. The summed E-state index contributed by atoms with van der Waals surface area (Å²) >= 11 is 0. The summed E-state index contributed by atoms with van der Waals surface area (Å²) in [6.45, 7) is 7.52. The number of methoxy groups -OCH3 is 1. The molecular weight excluding hydrogens is 236 g/mol. The number of hydrogen-bond acceptors (Lipinski definition) is 2. The third kappa shape index (κ3) is 5.66. The number of allylic oxidation sites excluding steroid dienone is 1. The molecule has 0 aromatic heterocycles. The lowest BCUT2D eigenvalue weighted by Gasteiger charge is -2.38. The highest BCUT2D eigenvalue weighted by atomic mass is 16.5. The lowest BCUT2D eigenvalue weighted by Crippen LogP contribution is -2.43. The van der Waals surface area contributed by atoms with Crippen molar-refractivity contribution in [2.75, 3.05) is 13.7 Å². The summed E-state index contributed by atoms with van der Waals surface area (Å²) in [7, 11) is 1.82. The molecule has 0 bridgehead atoms. The molecule has 4 atom stereocenters. The molecule has 1 aliphatic rings. The van der Waals surface area contributed by atoms with Crippen LogP contribution in [0.5, 0.6) is 0 Å². The van der Waals surface area contributed by atoms with Crippen LogP contribution in [-0.2, 0) is 9.47 Å². The Kier molecular flexibility index (Phi) is 8.40. The predicted octanol–water partition coefficient (Wildman–Crippen LogP) is 4.59. The minimum Gasteiger partial charge on any atom is -0.381 e. The molecular formula is C17H32O2. The van der Waals surface area contributed by atoms with Crippen LogP contribution in [0.2, 0.25) is 0 Å². The van der Waals surface area contributed by atoms with E-state index in [1.807, 2.05) is 7.11 Å². The van der Waals surface area contributed by atoms with Crippen LogP contribution in [0.4, 0.5) is 0 Å². The summed E-state index contributed by atoms with van der Waals surface area (Å²) in [5.74, 6) is 0.948. The molecule has 0 amide bonds. The van der Waals surface area contributed by atoms with E-state index in [0.717, 1.165) is 6.61 Å². The largest absolute Gasteiger partial charge is 0.381 e. The maximum Gasteiger partial charge on any atom is 0.0806 e. The zero-order valence-electron chi connectivity index (χ0n) is 13.2. The zero-order valence-corrected chi connectivity index (χ0v) is 13.2. The van der Waals surface area contributed by atoms with Crippen molar-refractivity contribution in [1.82, 2.24) is 0 Å². The molecule has 1 rings (SSSR count). The van der Waals surface area contributed by atoms with Crippen molar-refractivity contribution >= 4 is 0 Å². The van der Waals surface area contributed by atoms with Crippen molar-refractivity contribution in [3.8, 4) is 0 Å². The van der Waals surface area contributed by atoms with E-state index in [2.05, 4.69) is 32.9 Å². The molecule has 0 spiro atoms. The van der Waals surface area contributed by atoms with Crippen molar-refractivity contribution < 1.29 is 9.47 Å². The number of unbranched alkanes of at least 4 members (excludes halogenated alkanes) is 5. The van der Waals surface area contributed by atoms with Gasteiger partial charge in [0.05, 0.1) is 18.8 Å². The fourth-order valence-electron chi connectivity index (χ4n) is 2.99. The summed E-state index contributed by atoms with van der Waals surface area (Å²) in [6, 6.07) is 0. The van der Waals surface area contributed by atoms with Gasteiger partial charge in [0.1, 0.15) is 0 Å². The van der Waals surface area contributed by atoms with Crippen molar-refractivity contribution in [1.29, 1.82) is 0 Å². The highest BCUT2D eigenvalue weighted by molar-refractivity contribution is 4.97. The van der Waals surface area contributed by atoms with E-state index >= 15 is 0 Å². The van der Waals surface area contributed by atoms with Gasteiger partial charge in [-0.25, -0.2) is 0 Å². The predicted molar refractivity (Wildman–Crippen MR) is 81.4 cm³/mol. The monoisotopic (exact) mass is 268 g/mol. The third-order valence-corrected chi connectivity index (χ3v) is 4.22. The summed E-state index contributed by atoms with van der Waals surface area (Å²) < 4.78 is 11.5. The van der Waals surface area contributed by atoms with Crippen LogP contribution in [0.3, 0.4) is 0 Å². The minimum absolute atomic E-state index is 0.233. The van der Waals surface area contributed by atoms with E-state index in [1.54, 1.807) is 0 Å². The van der Waals surface area contributed by atoms with Gasteiger partial charge in [-0.1, -0.05) is 58.6 Å². The Labute approximate surface area is 119 Å². The molecule has 112 valence electrons. The van der Waals surface area contributed by atoms with Crippen molar-refractivity contribution in [3.63, 3.8) is 0 Å². The van der Waals surface area contributed by atoms with Gasteiger partial charge in [-0.3, -0.25) is 0 Å². The molecule has 0 aromatic carbocycles. The van der Waals surface area contributed by atoms with E-state index in [4.69, 9.17) is 9.47 Å². The first-order chi connectivity index (χ1) is 9.20. The maximum atomic E-state index is 5.91. The fraction of sp³-hybridized carbons (Fsp3) is 0.882. The quantitative estimate of drug-likeness (QED) is 0.473. The third-order valence-electron chi connectivity index (χ3n) is 4.22. The van der Waals surface area contributed by atoms with Crippen LogP contribution >= 0.6 is 0 Å². The highest BCUT2D eigenvalue weighted by Gasteiger charge is 2.34. The van der Waals surface area contributed by atoms with Crippen LogP contribution in [0, 0.1) is 11.8 Å². The molecule has 1 fully saturated rings.